The fraction of sp³-hybridized carbons (Fsp3) is 0.727. The second kappa shape index (κ2) is 13.0. The minimum absolute atomic E-state index is 0.0206. The maximum Gasteiger partial charge on any atom is 0.160 e. The van der Waals surface area contributed by atoms with E-state index < -0.39 is 0 Å². The van der Waals surface area contributed by atoms with Crippen LogP contribution >= 0.6 is 0 Å². The van der Waals surface area contributed by atoms with Crippen molar-refractivity contribution in [1.29, 1.82) is 0 Å². The van der Waals surface area contributed by atoms with E-state index in [1.165, 1.54) is 0 Å². The molecular formula is C22H39NO4. The first-order valence-corrected chi connectivity index (χ1v) is 10.3. The maximum absolute atomic E-state index is 10.4. The van der Waals surface area contributed by atoms with Crippen molar-refractivity contribution in [2.75, 3.05) is 13.7 Å². The van der Waals surface area contributed by atoms with Crippen LogP contribution in [0.1, 0.15) is 64.9 Å². The molecule has 0 radical (unpaired) electrons. The van der Waals surface area contributed by atoms with Crippen LogP contribution in [0.3, 0.4) is 0 Å². The van der Waals surface area contributed by atoms with Crippen LogP contribution in [0, 0.1) is 5.92 Å². The number of aryl methyl sites for hydroxylation is 1. The molecule has 1 rings (SSSR count). The molecule has 3 unspecified atom stereocenters. The van der Waals surface area contributed by atoms with Gasteiger partial charge in [0.05, 0.1) is 19.8 Å². The van der Waals surface area contributed by atoms with E-state index in [1.807, 2.05) is 12.1 Å². The fourth-order valence-electron chi connectivity index (χ4n) is 3.32. The summed E-state index contributed by atoms with van der Waals surface area (Å²) in [6.07, 6.45) is 6.19. The molecule has 0 fully saturated rings. The Morgan fingerprint density at radius 3 is 2.48 bits per heavy atom. The quantitative estimate of drug-likeness (QED) is 0.370. The lowest BCUT2D eigenvalue weighted by molar-refractivity contribution is 0.122. The summed E-state index contributed by atoms with van der Waals surface area (Å²) in [5.41, 5.74) is 1.09. The Labute approximate surface area is 164 Å². The largest absolute Gasteiger partial charge is 0.504 e. The number of unbranched alkanes of at least 4 members (excludes halogenated alkanes) is 2. The lowest BCUT2D eigenvalue weighted by Gasteiger charge is -2.29. The average Bonchev–Trinajstić information content (AvgIpc) is 2.64. The van der Waals surface area contributed by atoms with Gasteiger partial charge in [0.1, 0.15) is 0 Å². The van der Waals surface area contributed by atoms with Gasteiger partial charge in [-0.3, -0.25) is 0 Å². The van der Waals surface area contributed by atoms with Crippen LogP contribution in [0.25, 0.3) is 0 Å². The van der Waals surface area contributed by atoms with E-state index in [0.29, 0.717) is 18.1 Å². The van der Waals surface area contributed by atoms with Gasteiger partial charge < -0.3 is 25.4 Å². The number of aliphatic hydroxyl groups excluding tert-OH is 2. The number of phenolic OH excluding ortho intramolecular Hbond substituents is 1. The van der Waals surface area contributed by atoms with Crippen LogP contribution in [0.5, 0.6) is 11.5 Å². The molecule has 0 spiro atoms. The Bertz CT molecular complexity index is 521. The monoisotopic (exact) mass is 381 g/mol. The smallest absolute Gasteiger partial charge is 0.160 e. The van der Waals surface area contributed by atoms with Gasteiger partial charge in [-0.25, -0.2) is 0 Å². The molecule has 0 aliphatic carbocycles. The Morgan fingerprint density at radius 1 is 1.15 bits per heavy atom. The summed E-state index contributed by atoms with van der Waals surface area (Å²) in [5.74, 6) is 0.943. The third-order valence-corrected chi connectivity index (χ3v) is 5.17. The van der Waals surface area contributed by atoms with Crippen molar-refractivity contribution < 1.29 is 20.1 Å². The fourth-order valence-corrected chi connectivity index (χ4v) is 3.32. The molecule has 0 heterocycles. The number of benzene rings is 1. The predicted molar refractivity (Wildman–Crippen MR) is 110 cm³/mol. The lowest BCUT2D eigenvalue weighted by atomic mass is 9.95. The minimum atomic E-state index is -0.324. The number of aromatic hydroxyl groups is 1. The molecule has 4 N–H and O–H groups in total. The highest BCUT2D eigenvalue weighted by Gasteiger charge is 2.20. The van der Waals surface area contributed by atoms with Gasteiger partial charge in [-0.05, 0) is 49.3 Å². The summed E-state index contributed by atoms with van der Waals surface area (Å²) >= 11 is 0. The van der Waals surface area contributed by atoms with Gasteiger partial charge in [0, 0.05) is 12.1 Å². The van der Waals surface area contributed by atoms with Gasteiger partial charge in [-0.1, -0.05) is 46.1 Å². The number of ether oxygens (including phenoxy) is 1. The Morgan fingerprint density at radius 2 is 1.89 bits per heavy atom. The highest BCUT2D eigenvalue weighted by atomic mass is 16.5. The molecule has 0 saturated heterocycles. The van der Waals surface area contributed by atoms with Crippen molar-refractivity contribution in [1.82, 2.24) is 5.32 Å². The molecule has 1 aromatic rings. The van der Waals surface area contributed by atoms with E-state index in [1.54, 1.807) is 13.2 Å². The van der Waals surface area contributed by atoms with Crippen LogP contribution in [-0.4, -0.2) is 47.2 Å². The number of hydrogen-bond donors (Lipinski definition) is 4. The molecule has 0 bridgehead atoms. The molecule has 156 valence electrons. The highest BCUT2D eigenvalue weighted by Crippen LogP contribution is 2.27. The number of aliphatic hydroxyl groups is 2. The third-order valence-electron chi connectivity index (χ3n) is 5.17. The van der Waals surface area contributed by atoms with Crippen molar-refractivity contribution in [2.24, 2.45) is 5.92 Å². The summed E-state index contributed by atoms with van der Waals surface area (Å²) in [7, 11) is 1.55. The topological polar surface area (TPSA) is 82.0 Å². The van der Waals surface area contributed by atoms with Crippen LogP contribution in [0.15, 0.2) is 18.2 Å². The third kappa shape index (κ3) is 8.96. The number of hydrogen-bond acceptors (Lipinski definition) is 5. The first-order chi connectivity index (χ1) is 12.9. The SMILES string of the molecule is CCCCCC(O)CC(CCc1ccc(O)c(OC)c1)NC(CO)C(C)C. The van der Waals surface area contributed by atoms with Gasteiger partial charge in [-0.2, -0.15) is 0 Å². The minimum Gasteiger partial charge on any atom is -0.504 e. The zero-order valence-corrected chi connectivity index (χ0v) is 17.4. The Kier molecular flexibility index (Phi) is 11.4. The summed E-state index contributed by atoms with van der Waals surface area (Å²) in [4.78, 5) is 0. The number of nitrogens with one attached hydrogen (secondary N) is 1. The van der Waals surface area contributed by atoms with Crippen LogP contribution in [-0.2, 0) is 6.42 Å². The second-order valence-electron chi connectivity index (χ2n) is 7.83. The maximum atomic E-state index is 10.4. The molecule has 5 heteroatoms. The van der Waals surface area contributed by atoms with Crippen molar-refractivity contribution >= 4 is 0 Å². The number of rotatable bonds is 14. The van der Waals surface area contributed by atoms with Gasteiger partial charge in [-0.15, -0.1) is 0 Å². The van der Waals surface area contributed by atoms with Crippen LogP contribution < -0.4 is 10.1 Å². The Balaban J connectivity index is 2.71. The molecule has 0 saturated carbocycles. The number of phenols is 1. The average molecular weight is 382 g/mol. The summed E-state index contributed by atoms with van der Waals surface area (Å²) in [5, 5.41) is 33.4. The highest BCUT2D eigenvalue weighted by molar-refractivity contribution is 5.41. The summed E-state index contributed by atoms with van der Waals surface area (Å²) < 4.78 is 5.19. The zero-order chi connectivity index (χ0) is 20.2. The predicted octanol–water partition coefficient (Wildman–Crippen LogP) is 3.64. The molecule has 0 aliphatic heterocycles. The molecule has 1 aromatic carbocycles. The van der Waals surface area contributed by atoms with E-state index >= 15 is 0 Å². The summed E-state index contributed by atoms with van der Waals surface area (Å²) in [6, 6.07) is 5.56. The van der Waals surface area contributed by atoms with Crippen LogP contribution in [0.2, 0.25) is 0 Å². The first kappa shape index (κ1) is 23.7. The first-order valence-electron chi connectivity index (χ1n) is 10.3. The van der Waals surface area contributed by atoms with Gasteiger partial charge in [0.25, 0.3) is 0 Å². The van der Waals surface area contributed by atoms with Gasteiger partial charge >= 0.3 is 0 Å². The summed E-state index contributed by atoms with van der Waals surface area (Å²) in [6.45, 7) is 6.44. The molecule has 5 nitrogen and oxygen atoms in total. The molecule has 0 amide bonds. The van der Waals surface area contributed by atoms with Crippen molar-refractivity contribution in [2.45, 2.75) is 83.9 Å². The Hall–Kier alpha value is -1.30. The lowest BCUT2D eigenvalue weighted by Crippen LogP contribution is -2.45. The second-order valence-corrected chi connectivity index (χ2v) is 7.83. The standard InChI is InChI=1S/C22H39NO4/c1-5-6-7-8-19(25)14-18(23-20(15-24)16(2)3)11-9-17-10-12-21(26)22(13-17)27-4/h10,12-13,16,18-20,23-26H,5-9,11,14-15H2,1-4H3. The van der Waals surface area contributed by atoms with Crippen molar-refractivity contribution in [3.05, 3.63) is 23.8 Å². The van der Waals surface area contributed by atoms with Gasteiger partial charge in [0.2, 0.25) is 0 Å². The van der Waals surface area contributed by atoms with E-state index in [2.05, 4.69) is 26.1 Å². The van der Waals surface area contributed by atoms with Crippen molar-refractivity contribution in [3.8, 4) is 11.5 Å². The molecule has 27 heavy (non-hydrogen) atoms. The molecule has 3 atom stereocenters. The molecule has 0 aromatic heterocycles. The van der Waals surface area contributed by atoms with Crippen molar-refractivity contribution in [3.63, 3.8) is 0 Å². The van der Waals surface area contributed by atoms with E-state index in [0.717, 1.165) is 44.1 Å². The van der Waals surface area contributed by atoms with E-state index in [-0.39, 0.29) is 30.5 Å². The van der Waals surface area contributed by atoms with Crippen LogP contribution in [0.4, 0.5) is 0 Å². The van der Waals surface area contributed by atoms with E-state index in [4.69, 9.17) is 4.74 Å². The normalized spacial score (nSPS) is 14.9. The van der Waals surface area contributed by atoms with E-state index in [9.17, 15) is 15.3 Å². The van der Waals surface area contributed by atoms with Gasteiger partial charge in [0.15, 0.2) is 11.5 Å². The number of methoxy groups -OCH3 is 1. The zero-order valence-electron chi connectivity index (χ0n) is 17.4. The molecule has 0 aliphatic rings. The molecular weight excluding hydrogens is 342 g/mol.